The molecule has 0 unspecified atom stereocenters. The molecular formula is C7H13N3O2. The first-order valence-electron chi connectivity index (χ1n) is 3.84. The molecule has 1 fully saturated rings. The quantitative estimate of drug-likeness (QED) is 0.535. The summed E-state index contributed by atoms with van der Waals surface area (Å²) in [6.45, 7) is 1.83. The van der Waals surface area contributed by atoms with E-state index in [1.54, 1.807) is 0 Å². The molecule has 0 aromatic rings. The highest BCUT2D eigenvalue weighted by Crippen LogP contribution is 1.99. The van der Waals surface area contributed by atoms with Gasteiger partial charge in [-0.2, -0.15) is 0 Å². The van der Waals surface area contributed by atoms with Crippen LogP contribution in [0.4, 0.5) is 0 Å². The van der Waals surface area contributed by atoms with Crippen LogP contribution in [0.2, 0.25) is 0 Å². The van der Waals surface area contributed by atoms with Crippen LogP contribution in [0.1, 0.15) is 0 Å². The van der Waals surface area contributed by atoms with Crippen LogP contribution in [0.15, 0.2) is 0 Å². The lowest BCUT2D eigenvalue weighted by atomic mass is 10.3. The van der Waals surface area contributed by atoms with Gasteiger partial charge in [-0.3, -0.25) is 14.5 Å². The fraction of sp³-hybridized carbons (Fsp3) is 0.714. The molecule has 0 spiro atoms. The summed E-state index contributed by atoms with van der Waals surface area (Å²) in [7, 11) is 1.87. The number of likely N-dealkylation sites (N-methyl/N-ethyl adjacent to an activating group) is 1. The molecule has 68 valence electrons. The van der Waals surface area contributed by atoms with Crippen LogP contribution in [-0.4, -0.2) is 54.8 Å². The van der Waals surface area contributed by atoms with Crippen LogP contribution in [0, 0.1) is 0 Å². The molecule has 5 nitrogen and oxygen atoms in total. The Morgan fingerprint density at radius 2 is 2.25 bits per heavy atom. The number of rotatable bonds is 2. The number of nitrogens with zero attached hydrogens (tertiary/aromatic N) is 2. The predicted octanol–water partition coefficient (Wildman–Crippen LogP) is -1.75. The Balaban J connectivity index is 2.45. The smallest absolute Gasteiger partial charge is 0.237 e. The Bertz CT molecular complexity index is 205. The van der Waals surface area contributed by atoms with Gasteiger partial charge in [-0.25, -0.2) is 0 Å². The van der Waals surface area contributed by atoms with E-state index in [1.807, 2.05) is 11.9 Å². The minimum Gasteiger partial charge on any atom is -0.368 e. The second kappa shape index (κ2) is 3.53. The molecule has 1 heterocycles. The monoisotopic (exact) mass is 171 g/mol. The number of amides is 2. The molecule has 2 N–H and O–H groups in total. The Hall–Kier alpha value is -1.10. The number of hydrogen-bond acceptors (Lipinski definition) is 3. The Kier molecular flexibility index (Phi) is 2.65. The van der Waals surface area contributed by atoms with Crippen LogP contribution in [0.5, 0.6) is 0 Å². The van der Waals surface area contributed by atoms with Crippen LogP contribution < -0.4 is 5.73 Å². The SMILES string of the molecule is CN1CCN(CC(N)=O)C(=O)C1. The zero-order valence-electron chi connectivity index (χ0n) is 7.12. The average molecular weight is 171 g/mol. The van der Waals surface area contributed by atoms with Gasteiger partial charge in [0.2, 0.25) is 11.8 Å². The van der Waals surface area contributed by atoms with Gasteiger partial charge in [0.1, 0.15) is 0 Å². The van der Waals surface area contributed by atoms with Crippen molar-refractivity contribution in [1.29, 1.82) is 0 Å². The highest BCUT2D eigenvalue weighted by atomic mass is 16.2. The van der Waals surface area contributed by atoms with Gasteiger partial charge in [0.15, 0.2) is 0 Å². The van der Waals surface area contributed by atoms with Gasteiger partial charge >= 0.3 is 0 Å². The van der Waals surface area contributed by atoms with Crippen LogP contribution in [-0.2, 0) is 9.59 Å². The first-order valence-corrected chi connectivity index (χ1v) is 3.84. The molecule has 0 radical (unpaired) electrons. The summed E-state index contributed by atoms with van der Waals surface area (Å²) in [5.74, 6) is -0.476. The molecular weight excluding hydrogens is 158 g/mol. The summed E-state index contributed by atoms with van der Waals surface area (Å²) in [6.07, 6.45) is 0. The van der Waals surface area contributed by atoms with E-state index in [0.717, 1.165) is 6.54 Å². The van der Waals surface area contributed by atoms with Crippen LogP contribution in [0.3, 0.4) is 0 Å². The topological polar surface area (TPSA) is 66.6 Å². The van der Waals surface area contributed by atoms with Crippen molar-refractivity contribution >= 4 is 11.8 Å². The molecule has 0 saturated carbocycles. The third-order valence-electron chi connectivity index (χ3n) is 1.86. The first kappa shape index (κ1) is 8.99. The number of hydrogen-bond donors (Lipinski definition) is 1. The molecule has 12 heavy (non-hydrogen) atoms. The fourth-order valence-electron chi connectivity index (χ4n) is 1.18. The zero-order chi connectivity index (χ0) is 9.14. The van der Waals surface area contributed by atoms with Crippen molar-refractivity contribution in [3.63, 3.8) is 0 Å². The number of piperazine rings is 1. The fourth-order valence-corrected chi connectivity index (χ4v) is 1.18. The van der Waals surface area contributed by atoms with Crippen molar-refractivity contribution in [2.24, 2.45) is 5.73 Å². The largest absolute Gasteiger partial charge is 0.368 e. The van der Waals surface area contributed by atoms with Crippen LogP contribution in [0.25, 0.3) is 0 Å². The van der Waals surface area contributed by atoms with Gasteiger partial charge in [0, 0.05) is 13.1 Å². The predicted molar refractivity (Wildman–Crippen MR) is 43.3 cm³/mol. The van der Waals surface area contributed by atoms with Gasteiger partial charge in [-0.1, -0.05) is 0 Å². The summed E-state index contributed by atoms with van der Waals surface area (Å²) in [5.41, 5.74) is 4.97. The molecule has 0 aromatic heterocycles. The summed E-state index contributed by atoms with van der Waals surface area (Å²) in [6, 6.07) is 0. The lowest BCUT2D eigenvalue weighted by Crippen LogP contribution is -2.51. The molecule has 0 aromatic carbocycles. The third kappa shape index (κ3) is 2.20. The number of nitrogens with two attached hydrogens (primary N) is 1. The minimum absolute atomic E-state index is 0.0254. The van der Waals surface area contributed by atoms with Gasteiger partial charge in [-0.15, -0.1) is 0 Å². The number of carbonyl (C=O) groups is 2. The Morgan fingerprint density at radius 3 is 2.75 bits per heavy atom. The van der Waals surface area contributed by atoms with Gasteiger partial charge < -0.3 is 10.6 Å². The normalized spacial score (nSPS) is 19.8. The lowest BCUT2D eigenvalue weighted by molar-refractivity contribution is -0.138. The molecule has 1 rings (SSSR count). The summed E-state index contributed by atoms with van der Waals surface area (Å²) < 4.78 is 0. The molecule has 5 heteroatoms. The van der Waals surface area contributed by atoms with Crippen molar-refractivity contribution < 1.29 is 9.59 Å². The first-order chi connectivity index (χ1) is 5.59. The second-order valence-electron chi connectivity index (χ2n) is 3.02. The van der Waals surface area contributed by atoms with Gasteiger partial charge in [-0.05, 0) is 7.05 Å². The maximum Gasteiger partial charge on any atom is 0.237 e. The van der Waals surface area contributed by atoms with E-state index in [1.165, 1.54) is 4.90 Å². The highest BCUT2D eigenvalue weighted by Gasteiger charge is 2.22. The van der Waals surface area contributed by atoms with E-state index in [2.05, 4.69) is 0 Å². The van der Waals surface area contributed by atoms with E-state index in [9.17, 15) is 9.59 Å². The van der Waals surface area contributed by atoms with E-state index < -0.39 is 5.91 Å². The van der Waals surface area contributed by atoms with E-state index in [-0.39, 0.29) is 12.5 Å². The number of primary amides is 1. The molecule has 0 atom stereocenters. The summed E-state index contributed by atoms with van der Waals surface area (Å²) in [5, 5.41) is 0. The van der Waals surface area contributed by atoms with E-state index >= 15 is 0 Å². The van der Waals surface area contributed by atoms with Gasteiger partial charge in [0.25, 0.3) is 0 Å². The molecule has 2 amide bonds. The second-order valence-corrected chi connectivity index (χ2v) is 3.02. The molecule has 0 bridgehead atoms. The lowest BCUT2D eigenvalue weighted by Gasteiger charge is -2.31. The summed E-state index contributed by atoms with van der Waals surface area (Å²) in [4.78, 5) is 25.1. The van der Waals surface area contributed by atoms with E-state index in [0.29, 0.717) is 13.1 Å². The third-order valence-corrected chi connectivity index (χ3v) is 1.86. The molecule has 1 aliphatic heterocycles. The standard InChI is InChI=1S/C7H13N3O2/c1-9-2-3-10(4-6(8)11)7(12)5-9/h2-5H2,1H3,(H2,8,11). The zero-order valence-corrected chi connectivity index (χ0v) is 7.12. The van der Waals surface area contributed by atoms with Crippen molar-refractivity contribution in [3.8, 4) is 0 Å². The maximum atomic E-state index is 11.2. The van der Waals surface area contributed by atoms with Crippen molar-refractivity contribution in [1.82, 2.24) is 9.80 Å². The van der Waals surface area contributed by atoms with Gasteiger partial charge in [0.05, 0.1) is 13.1 Å². The minimum atomic E-state index is -0.451. The Morgan fingerprint density at radius 1 is 1.58 bits per heavy atom. The molecule has 1 aliphatic rings. The molecule has 0 aliphatic carbocycles. The van der Waals surface area contributed by atoms with E-state index in [4.69, 9.17) is 5.73 Å². The van der Waals surface area contributed by atoms with Crippen LogP contribution >= 0.6 is 0 Å². The average Bonchev–Trinajstić information content (AvgIpc) is 1.94. The highest BCUT2D eigenvalue weighted by molar-refractivity contribution is 5.85. The summed E-state index contributed by atoms with van der Waals surface area (Å²) >= 11 is 0. The van der Waals surface area contributed by atoms with Crippen molar-refractivity contribution in [2.45, 2.75) is 0 Å². The van der Waals surface area contributed by atoms with Crippen molar-refractivity contribution in [2.75, 3.05) is 33.2 Å². The Labute approximate surface area is 71.1 Å². The maximum absolute atomic E-state index is 11.2. The number of carbonyl (C=O) groups excluding carboxylic acids is 2. The van der Waals surface area contributed by atoms with Crippen molar-refractivity contribution in [3.05, 3.63) is 0 Å². The molecule has 1 saturated heterocycles.